The monoisotopic (exact) mass is 250 g/mol. The first-order valence-electron chi connectivity index (χ1n) is 5.85. The summed E-state index contributed by atoms with van der Waals surface area (Å²) in [5.41, 5.74) is 4.90. The van der Waals surface area contributed by atoms with Crippen molar-refractivity contribution in [3.8, 4) is 0 Å². The van der Waals surface area contributed by atoms with Crippen LogP contribution < -0.4 is 11.3 Å². The first kappa shape index (κ1) is 12.7. The molecule has 1 unspecified atom stereocenters. The van der Waals surface area contributed by atoms with Crippen molar-refractivity contribution in [2.75, 3.05) is 0 Å². The van der Waals surface area contributed by atoms with Crippen molar-refractivity contribution in [3.63, 3.8) is 0 Å². The van der Waals surface area contributed by atoms with Crippen LogP contribution in [0.5, 0.6) is 0 Å². The minimum atomic E-state index is -0.0575. The van der Waals surface area contributed by atoms with E-state index in [9.17, 15) is 0 Å². The third-order valence-corrected chi connectivity index (χ3v) is 2.79. The summed E-state index contributed by atoms with van der Waals surface area (Å²) in [6.07, 6.45) is 3.42. The molecule has 0 saturated heterocycles. The first-order valence-corrected chi connectivity index (χ1v) is 5.85. The van der Waals surface area contributed by atoms with Crippen LogP contribution in [0.4, 0.5) is 0 Å². The van der Waals surface area contributed by atoms with E-state index < -0.39 is 0 Å². The summed E-state index contributed by atoms with van der Waals surface area (Å²) in [4.78, 5) is 1.44. The van der Waals surface area contributed by atoms with Crippen molar-refractivity contribution in [2.45, 2.75) is 25.8 Å². The van der Waals surface area contributed by atoms with Crippen LogP contribution in [-0.2, 0) is 26.9 Å². The molecule has 2 aromatic rings. The second-order valence-corrected chi connectivity index (χ2v) is 4.18. The topological polar surface area (TPSA) is 99.5 Å². The molecule has 2 rings (SSSR count). The van der Waals surface area contributed by atoms with E-state index >= 15 is 0 Å². The molecule has 0 aromatic carbocycles. The fourth-order valence-corrected chi connectivity index (χ4v) is 1.97. The van der Waals surface area contributed by atoms with E-state index in [0.29, 0.717) is 12.2 Å². The summed E-state index contributed by atoms with van der Waals surface area (Å²) in [5.74, 6) is 6.28. The van der Waals surface area contributed by atoms with Crippen LogP contribution >= 0.6 is 0 Å². The quantitative estimate of drug-likeness (QED) is 0.535. The highest BCUT2D eigenvalue weighted by molar-refractivity contribution is 5.22. The van der Waals surface area contributed by atoms with Crippen LogP contribution in [0.1, 0.15) is 30.0 Å². The number of nitrogens with zero attached hydrogens (tertiary/aromatic N) is 6. The van der Waals surface area contributed by atoms with E-state index in [1.165, 1.54) is 4.80 Å². The smallest absolute Gasteiger partial charge is 0.176 e. The van der Waals surface area contributed by atoms with Gasteiger partial charge in [-0.05, 0) is 11.6 Å². The van der Waals surface area contributed by atoms with Crippen LogP contribution in [-0.4, -0.2) is 30.0 Å². The number of aryl methyl sites for hydroxylation is 3. The fourth-order valence-electron chi connectivity index (χ4n) is 1.97. The zero-order valence-corrected chi connectivity index (χ0v) is 10.8. The molecular weight excluding hydrogens is 232 g/mol. The van der Waals surface area contributed by atoms with Gasteiger partial charge in [-0.2, -0.15) is 9.90 Å². The van der Waals surface area contributed by atoms with Gasteiger partial charge in [0.25, 0.3) is 0 Å². The molecule has 0 radical (unpaired) electrons. The number of hydrogen-bond donors (Lipinski definition) is 2. The van der Waals surface area contributed by atoms with Crippen LogP contribution in [0.15, 0.2) is 6.20 Å². The molecule has 0 aliphatic heterocycles. The minimum absolute atomic E-state index is 0.0575. The van der Waals surface area contributed by atoms with E-state index in [1.54, 1.807) is 11.7 Å². The maximum atomic E-state index is 5.62. The highest BCUT2D eigenvalue weighted by atomic mass is 15.6. The Hall–Kier alpha value is -1.80. The summed E-state index contributed by atoms with van der Waals surface area (Å²) >= 11 is 0. The molecule has 8 nitrogen and oxygen atoms in total. The van der Waals surface area contributed by atoms with Crippen LogP contribution in [0.25, 0.3) is 0 Å². The second-order valence-electron chi connectivity index (χ2n) is 4.18. The zero-order chi connectivity index (χ0) is 13.1. The predicted molar refractivity (Wildman–Crippen MR) is 65.2 cm³/mol. The number of rotatable bonds is 5. The van der Waals surface area contributed by atoms with Gasteiger partial charge < -0.3 is 0 Å². The average Bonchev–Trinajstić information content (AvgIpc) is 2.92. The van der Waals surface area contributed by atoms with Crippen molar-refractivity contribution in [1.29, 1.82) is 0 Å². The molecule has 0 bridgehead atoms. The molecular formula is C10H18N8. The maximum absolute atomic E-state index is 5.62. The van der Waals surface area contributed by atoms with E-state index in [-0.39, 0.29) is 6.04 Å². The summed E-state index contributed by atoms with van der Waals surface area (Å²) in [7, 11) is 3.64. The largest absolute Gasteiger partial charge is 0.275 e. The molecule has 0 amide bonds. The standard InChI is InChI=1S/C10H18N8/c1-4-8-7(6-17(2)14-8)9(12-11)5-10-13-16-18(3)15-10/h6,9,12H,4-5,11H2,1-3H3. The summed E-state index contributed by atoms with van der Waals surface area (Å²) in [6.45, 7) is 2.07. The zero-order valence-electron chi connectivity index (χ0n) is 10.8. The molecule has 2 heterocycles. The number of hydrazine groups is 1. The molecule has 0 saturated carbocycles. The third kappa shape index (κ3) is 2.54. The Labute approximate surface area is 105 Å². The Morgan fingerprint density at radius 2 is 2.17 bits per heavy atom. The van der Waals surface area contributed by atoms with E-state index in [0.717, 1.165) is 17.7 Å². The van der Waals surface area contributed by atoms with Crippen LogP contribution in [0.2, 0.25) is 0 Å². The highest BCUT2D eigenvalue weighted by Crippen LogP contribution is 2.19. The van der Waals surface area contributed by atoms with Gasteiger partial charge in [-0.3, -0.25) is 16.0 Å². The van der Waals surface area contributed by atoms with Crippen LogP contribution in [0, 0.1) is 0 Å². The van der Waals surface area contributed by atoms with E-state index in [2.05, 4.69) is 32.9 Å². The summed E-state index contributed by atoms with van der Waals surface area (Å²) in [6, 6.07) is -0.0575. The Morgan fingerprint density at radius 3 is 2.72 bits per heavy atom. The second kappa shape index (κ2) is 5.23. The van der Waals surface area contributed by atoms with Crippen LogP contribution in [0.3, 0.4) is 0 Å². The van der Waals surface area contributed by atoms with Crippen molar-refractivity contribution < 1.29 is 0 Å². The van der Waals surface area contributed by atoms with E-state index in [1.807, 2.05) is 13.2 Å². The number of aromatic nitrogens is 6. The Balaban J connectivity index is 2.22. The molecule has 2 aromatic heterocycles. The van der Waals surface area contributed by atoms with Crippen molar-refractivity contribution in [3.05, 3.63) is 23.3 Å². The van der Waals surface area contributed by atoms with Gasteiger partial charge in [0.15, 0.2) is 5.82 Å². The van der Waals surface area contributed by atoms with Gasteiger partial charge in [-0.1, -0.05) is 6.92 Å². The lowest BCUT2D eigenvalue weighted by Gasteiger charge is -2.13. The lowest BCUT2D eigenvalue weighted by Crippen LogP contribution is -2.30. The minimum Gasteiger partial charge on any atom is -0.275 e. The summed E-state index contributed by atoms with van der Waals surface area (Å²) < 4.78 is 1.79. The lowest BCUT2D eigenvalue weighted by molar-refractivity contribution is 0.532. The van der Waals surface area contributed by atoms with E-state index in [4.69, 9.17) is 5.84 Å². The predicted octanol–water partition coefficient (Wildman–Crippen LogP) is -0.747. The fraction of sp³-hybridized carbons (Fsp3) is 0.600. The van der Waals surface area contributed by atoms with Gasteiger partial charge in [-0.15, -0.1) is 10.2 Å². The lowest BCUT2D eigenvalue weighted by atomic mass is 10.0. The molecule has 0 aliphatic carbocycles. The first-order chi connectivity index (χ1) is 8.63. The number of tetrazole rings is 1. The number of nitrogens with one attached hydrogen (secondary N) is 1. The highest BCUT2D eigenvalue weighted by Gasteiger charge is 2.19. The van der Waals surface area contributed by atoms with Gasteiger partial charge in [0, 0.05) is 25.2 Å². The SMILES string of the molecule is CCc1nn(C)cc1C(Cc1nnn(C)n1)NN. The van der Waals surface area contributed by atoms with Gasteiger partial charge in [0.05, 0.1) is 18.8 Å². The molecule has 3 N–H and O–H groups in total. The average molecular weight is 250 g/mol. The third-order valence-electron chi connectivity index (χ3n) is 2.79. The molecule has 8 heteroatoms. The van der Waals surface area contributed by atoms with Crippen molar-refractivity contribution in [1.82, 2.24) is 35.4 Å². The number of nitrogens with two attached hydrogens (primary N) is 1. The van der Waals surface area contributed by atoms with Crippen molar-refractivity contribution in [2.24, 2.45) is 19.9 Å². The Kier molecular flexibility index (Phi) is 3.68. The Bertz CT molecular complexity index is 514. The van der Waals surface area contributed by atoms with Gasteiger partial charge >= 0.3 is 0 Å². The molecule has 0 spiro atoms. The number of hydrogen-bond acceptors (Lipinski definition) is 6. The molecule has 1 atom stereocenters. The molecule has 98 valence electrons. The van der Waals surface area contributed by atoms with Gasteiger partial charge in [-0.25, -0.2) is 0 Å². The molecule has 0 aliphatic rings. The normalized spacial score (nSPS) is 12.9. The van der Waals surface area contributed by atoms with Gasteiger partial charge in [0.1, 0.15) is 0 Å². The summed E-state index contributed by atoms with van der Waals surface area (Å²) in [5, 5.41) is 16.3. The maximum Gasteiger partial charge on any atom is 0.176 e. The molecule has 0 fully saturated rings. The molecule has 18 heavy (non-hydrogen) atoms. The van der Waals surface area contributed by atoms with Crippen molar-refractivity contribution >= 4 is 0 Å². The van der Waals surface area contributed by atoms with Gasteiger partial charge in [0.2, 0.25) is 0 Å². The Morgan fingerprint density at radius 1 is 1.39 bits per heavy atom.